The van der Waals surface area contributed by atoms with Gasteiger partial charge in [-0.1, -0.05) is 11.6 Å². The lowest BCUT2D eigenvalue weighted by molar-refractivity contribution is 0.182. The zero-order chi connectivity index (χ0) is 15.7. The predicted molar refractivity (Wildman–Crippen MR) is 86.9 cm³/mol. The second-order valence-corrected chi connectivity index (χ2v) is 7.47. The maximum absolute atomic E-state index is 12.5. The first kappa shape index (κ1) is 15.3. The van der Waals surface area contributed by atoms with Gasteiger partial charge in [-0.25, -0.2) is 13.4 Å². The van der Waals surface area contributed by atoms with E-state index in [1.807, 2.05) is 0 Å². The molecule has 2 heterocycles. The number of anilines is 1. The van der Waals surface area contributed by atoms with Crippen molar-refractivity contribution in [3.05, 3.63) is 40.5 Å². The third kappa shape index (κ3) is 2.95. The monoisotopic (exact) mass is 357 g/mol. The molecule has 3 aromatic rings. The normalized spacial score (nSPS) is 11.9. The molecule has 0 fully saturated rings. The third-order valence-corrected chi connectivity index (χ3v) is 5.51. The van der Waals surface area contributed by atoms with Crippen molar-refractivity contribution in [3.8, 4) is 0 Å². The van der Waals surface area contributed by atoms with Crippen LogP contribution in [0, 0.1) is 0 Å². The molecule has 116 valence electrons. The minimum absolute atomic E-state index is 0.155. The summed E-state index contributed by atoms with van der Waals surface area (Å²) in [6.45, 7) is 0.337. The van der Waals surface area contributed by atoms with Gasteiger partial charge in [0.05, 0.1) is 12.3 Å². The summed E-state index contributed by atoms with van der Waals surface area (Å²) in [6, 6.07) is 4.99. The lowest BCUT2D eigenvalue weighted by Crippen LogP contribution is -2.12. The summed E-state index contributed by atoms with van der Waals surface area (Å²) in [6.07, 6.45) is 1.44. The van der Waals surface area contributed by atoms with Gasteiger partial charge in [0.15, 0.2) is 5.13 Å². The number of rotatable bonds is 5. The van der Waals surface area contributed by atoms with E-state index in [0.717, 1.165) is 0 Å². The SMILES string of the molecule is COCc1csc(NS(=O)(=O)c2c[nH]c3cc(Cl)ccc23)n1. The lowest BCUT2D eigenvalue weighted by Gasteiger charge is -2.03. The van der Waals surface area contributed by atoms with E-state index in [9.17, 15) is 8.42 Å². The van der Waals surface area contributed by atoms with Crippen LogP contribution in [-0.2, 0) is 21.4 Å². The topological polar surface area (TPSA) is 84.1 Å². The number of fused-ring (bicyclic) bond motifs is 1. The van der Waals surface area contributed by atoms with E-state index in [-0.39, 0.29) is 4.90 Å². The summed E-state index contributed by atoms with van der Waals surface area (Å²) in [5.74, 6) is 0. The number of hydrogen-bond donors (Lipinski definition) is 2. The molecule has 0 amide bonds. The molecule has 0 bridgehead atoms. The van der Waals surface area contributed by atoms with E-state index < -0.39 is 10.0 Å². The Morgan fingerprint density at radius 2 is 2.27 bits per heavy atom. The number of sulfonamides is 1. The Kier molecular flexibility index (Phi) is 4.09. The molecule has 2 aromatic heterocycles. The average molecular weight is 358 g/mol. The van der Waals surface area contributed by atoms with Crippen LogP contribution in [0.5, 0.6) is 0 Å². The molecule has 0 saturated heterocycles. The molecule has 6 nitrogen and oxygen atoms in total. The van der Waals surface area contributed by atoms with Gasteiger partial charge in [0.25, 0.3) is 10.0 Å². The number of nitrogens with zero attached hydrogens (tertiary/aromatic N) is 1. The lowest BCUT2D eigenvalue weighted by atomic mass is 10.2. The Balaban J connectivity index is 1.93. The van der Waals surface area contributed by atoms with Crippen molar-refractivity contribution in [3.63, 3.8) is 0 Å². The van der Waals surface area contributed by atoms with E-state index in [2.05, 4.69) is 14.7 Å². The van der Waals surface area contributed by atoms with Crippen LogP contribution in [0.25, 0.3) is 10.9 Å². The Labute approximate surface area is 136 Å². The van der Waals surface area contributed by atoms with Crippen LogP contribution in [0.3, 0.4) is 0 Å². The van der Waals surface area contributed by atoms with E-state index >= 15 is 0 Å². The van der Waals surface area contributed by atoms with Crippen molar-refractivity contribution in [2.75, 3.05) is 11.8 Å². The highest BCUT2D eigenvalue weighted by atomic mass is 35.5. The number of ether oxygens (including phenoxy) is 1. The van der Waals surface area contributed by atoms with Crippen LogP contribution in [0.2, 0.25) is 5.02 Å². The second kappa shape index (κ2) is 5.88. The van der Waals surface area contributed by atoms with Gasteiger partial charge < -0.3 is 9.72 Å². The summed E-state index contributed by atoms with van der Waals surface area (Å²) in [4.78, 5) is 7.22. The maximum atomic E-state index is 12.5. The Hall–Kier alpha value is -1.61. The van der Waals surface area contributed by atoms with Gasteiger partial charge in [0.2, 0.25) is 0 Å². The minimum atomic E-state index is -3.73. The van der Waals surface area contributed by atoms with Crippen LogP contribution in [0.15, 0.2) is 34.7 Å². The molecule has 1 aromatic carbocycles. The maximum Gasteiger partial charge on any atom is 0.265 e. The van der Waals surface area contributed by atoms with Crippen LogP contribution in [0.1, 0.15) is 5.69 Å². The highest BCUT2D eigenvalue weighted by Crippen LogP contribution is 2.27. The van der Waals surface area contributed by atoms with Gasteiger partial charge in [0.1, 0.15) is 4.90 Å². The van der Waals surface area contributed by atoms with Crippen LogP contribution in [0.4, 0.5) is 5.13 Å². The summed E-state index contributed by atoms with van der Waals surface area (Å²) < 4.78 is 32.4. The van der Waals surface area contributed by atoms with E-state index in [4.69, 9.17) is 16.3 Å². The largest absolute Gasteiger partial charge is 0.378 e. The summed E-state index contributed by atoms with van der Waals surface area (Å²) in [5, 5.41) is 3.16. The summed E-state index contributed by atoms with van der Waals surface area (Å²) in [7, 11) is -2.17. The molecule has 0 unspecified atom stereocenters. The predicted octanol–water partition coefficient (Wildman–Crippen LogP) is 3.23. The molecular formula is C13H12ClN3O3S2. The number of aromatic amines is 1. The molecule has 0 aliphatic rings. The first-order valence-corrected chi connectivity index (χ1v) is 8.96. The third-order valence-electron chi connectivity index (χ3n) is 2.96. The molecule has 0 radical (unpaired) electrons. The number of methoxy groups -OCH3 is 1. The highest BCUT2D eigenvalue weighted by molar-refractivity contribution is 7.93. The molecule has 0 aliphatic heterocycles. The van der Waals surface area contributed by atoms with E-state index in [0.29, 0.717) is 33.4 Å². The Morgan fingerprint density at radius 3 is 3.05 bits per heavy atom. The van der Waals surface area contributed by atoms with Gasteiger partial charge in [-0.2, -0.15) is 0 Å². The fraction of sp³-hybridized carbons (Fsp3) is 0.154. The summed E-state index contributed by atoms with van der Waals surface area (Å²) in [5.41, 5.74) is 1.34. The quantitative estimate of drug-likeness (QED) is 0.734. The first-order chi connectivity index (χ1) is 10.5. The van der Waals surface area contributed by atoms with E-state index in [1.165, 1.54) is 17.5 Å². The van der Waals surface area contributed by atoms with Crippen molar-refractivity contribution in [2.24, 2.45) is 0 Å². The highest BCUT2D eigenvalue weighted by Gasteiger charge is 2.20. The van der Waals surface area contributed by atoms with Gasteiger partial charge >= 0.3 is 0 Å². The second-order valence-electron chi connectivity index (χ2n) is 4.53. The number of hydrogen-bond acceptors (Lipinski definition) is 5. The molecule has 0 saturated carbocycles. The summed E-state index contributed by atoms with van der Waals surface area (Å²) >= 11 is 7.11. The van der Waals surface area contributed by atoms with Gasteiger partial charge in [-0.05, 0) is 18.2 Å². The molecule has 9 heteroatoms. The first-order valence-electron chi connectivity index (χ1n) is 6.22. The fourth-order valence-corrected chi connectivity index (χ4v) is 4.33. The molecule has 22 heavy (non-hydrogen) atoms. The van der Waals surface area contributed by atoms with Crippen molar-refractivity contribution in [1.82, 2.24) is 9.97 Å². The number of thiazole rings is 1. The van der Waals surface area contributed by atoms with Crippen LogP contribution in [-0.4, -0.2) is 25.5 Å². The number of benzene rings is 1. The Morgan fingerprint density at radius 1 is 1.45 bits per heavy atom. The number of nitrogens with one attached hydrogen (secondary N) is 2. The Bertz CT molecular complexity index is 918. The van der Waals surface area contributed by atoms with E-state index in [1.54, 1.807) is 30.7 Å². The molecule has 2 N–H and O–H groups in total. The minimum Gasteiger partial charge on any atom is -0.378 e. The zero-order valence-electron chi connectivity index (χ0n) is 11.5. The van der Waals surface area contributed by atoms with Crippen molar-refractivity contribution in [1.29, 1.82) is 0 Å². The van der Waals surface area contributed by atoms with Crippen molar-refractivity contribution < 1.29 is 13.2 Å². The van der Waals surface area contributed by atoms with Gasteiger partial charge in [-0.3, -0.25) is 4.72 Å². The number of aromatic nitrogens is 2. The van der Waals surface area contributed by atoms with Gasteiger partial charge in [0, 0.05) is 34.6 Å². The average Bonchev–Trinajstić information content (AvgIpc) is 3.05. The van der Waals surface area contributed by atoms with Crippen molar-refractivity contribution in [2.45, 2.75) is 11.5 Å². The fourth-order valence-electron chi connectivity index (χ4n) is 2.03. The molecule has 0 spiro atoms. The molecular weight excluding hydrogens is 346 g/mol. The van der Waals surface area contributed by atoms with Crippen LogP contribution < -0.4 is 4.72 Å². The number of H-pyrrole nitrogens is 1. The van der Waals surface area contributed by atoms with Crippen molar-refractivity contribution >= 4 is 49.0 Å². The standard InChI is InChI=1S/C13H12ClN3O3S2/c1-20-6-9-7-21-13(16-9)17-22(18,19)12-5-15-11-4-8(14)2-3-10(11)12/h2-5,7,15H,6H2,1H3,(H,16,17). The molecule has 0 atom stereocenters. The number of halogens is 1. The molecule has 3 rings (SSSR count). The zero-order valence-corrected chi connectivity index (χ0v) is 13.8. The molecule has 0 aliphatic carbocycles. The van der Waals surface area contributed by atoms with Gasteiger partial charge in [-0.15, -0.1) is 11.3 Å². The smallest absolute Gasteiger partial charge is 0.265 e. The van der Waals surface area contributed by atoms with Crippen LogP contribution >= 0.6 is 22.9 Å².